The van der Waals surface area contributed by atoms with Crippen LogP contribution in [0.2, 0.25) is 0 Å². The van der Waals surface area contributed by atoms with E-state index in [2.05, 4.69) is 25.0 Å². The van der Waals surface area contributed by atoms with Crippen LogP contribution in [0.1, 0.15) is 17.7 Å². The van der Waals surface area contributed by atoms with Gasteiger partial charge in [0.1, 0.15) is 0 Å². The van der Waals surface area contributed by atoms with Crippen molar-refractivity contribution in [2.45, 2.75) is 18.9 Å². The van der Waals surface area contributed by atoms with Crippen LogP contribution >= 0.6 is 11.3 Å². The van der Waals surface area contributed by atoms with Crippen molar-refractivity contribution >= 4 is 23.1 Å². The molecule has 0 radical (unpaired) electrons. The number of aromatic amines is 1. The molecule has 1 fully saturated rings. The zero-order chi connectivity index (χ0) is 19.3. The van der Waals surface area contributed by atoms with Gasteiger partial charge in [0.25, 0.3) is 0 Å². The molecule has 0 unspecified atom stereocenters. The van der Waals surface area contributed by atoms with E-state index < -0.39 is 5.95 Å². The third-order valence-electron chi connectivity index (χ3n) is 4.31. The van der Waals surface area contributed by atoms with Crippen molar-refractivity contribution in [3.63, 3.8) is 0 Å². The number of fused-ring (bicyclic) bond motifs is 1. The van der Waals surface area contributed by atoms with Crippen molar-refractivity contribution in [1.82, 2.24) is 24.6 Å². The summed E-state index contributed by atoms with van der Waals surface area (Å²) in [5, 5.41) is 14.8. The number of nitrogens with zero attached hydrogens (tertiary/aromatic N) is 5. The van der Waals surface area contributed by atoms with Crippen molar-refractivity contribution in [2.24, 2.45) is 4.99 Å². The first-order valence-electron chi connectivity index (χ1n) is 8.55. The summed E-state index contributed by atoms with van der Waals surface area (Å²) in [5.41, 5.74) is 2.22. The molecule has 140 valence electrons. The summed E-state index contributed by atoms with van der Waals surface area (Å²) in [6, 6.07) is 5.00. The third kappa shape index (κ3) is 3.07. The zero-order valence-electron chi connectivity index (χ0n) is 14.3. The predicted molar refractivity (Wildman–Crippen MR) is 100 cm³/mol. The van der Waals surface area contributed by atoms with Gasteiger partial charge in [0.05, 0.1) is 22.8 Å². The highest BCUT2D eigenvalue weighted by molar-refractivity contribution is 7.10. The number of hydrogen-bond acceptors (Lipinski definition) is 7. The molecule has 1 saturated carbocycles. The molecule has 0 spiro atoms. The largest absolute Gasteiger partial charge is 0.493 e. The first-order chi connectivity index (χ1) is 13.6. The fourth-order valence-corrected chi connectivity index (χ4v) is 3.51. The molecule has 0 aliphatic heterocycles. The maximum Gasteiger partial charge on any atom is 0.307 e. The van der Waals surface area contributed by atoms with Crippen LogP contribution < -0.4 is 15.6 Å². The molecule has 1 aliphatic rings. The van der Waals surface area contributed by atoms with E-state index in [9.17, 15) is 14.3 Å². The van der Waals surface area contributed by atoms with Gasteiger partial charge in [-0.1, -0.05) is 11.3 Å². The second kappa shape index (κ2) is 6.34. The van der Waals surface area contributed by atoms with E-state index in [1.54, 1.807) is 28.9 Å². The number of aromatic hydroxyl groups is 1. The minimum Gasteiger partial charge on any atom is -0.493 e. The Bertz CT molecular complexity index is 1390. The monoisotopic (exact) mass is 396 g/mol. The molecule has 0 saturated heterocycles. The molecule has 0 amide bonds. The summed E-state index contributed by atoms with van der Waals surface area (Å²) in [5.74, 6) is -0.799. The lowest BCUT2D eigenvalue weighted by Crippen LogP contribution is -2.19. The highest BCUT2D eigenvalue weighted by atomic mass is 32.1. The molecule has 5 rings (SSSR count). The molecular weight excluding hydrogens is 383 g/mol. The summed E-state index contributed by atoms with van der Waals surface area (Å²) in [4.78, 5) is 26.7. The maximum absolute atomic E-state index is 13.6. The summed E-state index contributed by atoms with van der Waals surface area (Å²) in [7, 11) is 0. The Labute approximate surface area is 160 Å². The molecule has 2 N–H and O–H groups in total. The van der Waals surface area contributed by atoms with Crippen LogP contribution in [0, 0.1) is 5.95 Å². The van der Waals surface area contributed by atoms with Crippen LogP contribution in [0.15, 0.2) is 40.4 Å². The quantitative estimate of drug-likeness (QED) is 0.502. The Morgan fingerprint density at radius 3 is 2.96 bits per heavy atom. The van der Waals surface area contributed by atoms with Crippen molar-refractivity contribution < 1.29 is 9.50 Å². The Kier molecular flexibility index (Phi) is 3.79. The molecule has 28 heavy (non-hydrogen) atoms. The third-order valence-corrected chi connectivity index (χ3v) is 5.13. The first kappa shape index (κ1) is 16.8. The smallest absolute Gasteiger partial charge is 0.307 e. The molecule has 4 heterocycles. The number of H-pyrrole nitrogens is 1. The van der Waals surface area contributed by atoms with E-state index in [-0.39, 0.29) is 16.8 Å². The number of aromatic nitrogens is 5. The Morgan fingerprint density at radius 1 is 1.39 bits per heavy atom. The highest BCUT2D eigenvalue weighted by Gasteiger charge is 2.20. The summed E-state index contributed by atoms with van der Waals surface area (Å²) >= 11 is 0.886. The van der Waals surface area contributed by atoms with Crippen LogP contribution in [-0.2, 0) is 0 Å². The topological polar surface area (TPSA) is 109 Å². The molecule has 10 heteroatoms. The lowest BCUT2D eigenvalue weighted by molar-refractivity contribution is 0.455. The molecule has 0 bridgehead atoms. The van der Waals surface area contributed by atoms with Crippen molar-refractivity contribution in [3.8, 4) is 17.1 Å². The van der Waals surface area contributed by atoms with Crippen LogP contribution in [0.25, 0.3) is 23.0 Å². The number of halogens is 1. The first-order valence-corrected chi connectivity index (χ1v) is 9.37. The molecule has 1 aliphatic carbocycles. The summed E-state index contributed by atoms with van der Waals surface area (Å²) < 4.78 is 15.2. The minimum atomic E-state index is -0.595. The van der Waals surface area contributed by atoms with Gasteiger partial charge >= 0.3 is 4.87 Å². The van der Waals surface area contributed by atoms with Crippen LogP contribution in [-0.4, -0.2) is 35.7 Å². The lowest BCUT2D eigenvalue weighted by atomic mass is 10.2. The number of nitrogens with one attached hydrogen (secondary N) is 1. The Hall–Kier alpha value is -3.40. The molecule has 0 aromatic carbocycles. The maximum atomic E-state index is 13.6. The molecule has 4 aromatic rings. The van der Waals surface area contributed by atoms with Crippen LogP contribution in [0.4, 0.5) is 4.39 Å². The van der Waals surface area contributed by atoms with Gasteiger partial charge in [0.2, 0.25) is 11.8 Å². The Balaban J connectivity index is 1.79. The lowest BCUT2D eigenvalue weighted by Gasteiger charge is -2.03. The predicted octanol–water partition coefficient (Wildman–Crippen LogP) is 0.997. The van der Waals surface area contributed by atoms with Gasteiger partial charge < -0.3 is 5.11 Å². The molecule has 4 aromatic heterocycles. The summed E-state index contributed by atoms with van der Waals surface area (Å²) in [6.07, 6.45) is 6.65. The van der Waals surface area contributed by atoms with Gasteiger partial charge in [-0.15, -0.1) is 0 Å². The fourth-order valence-electron chi connectivity index (χ4n) is 2.83. The van der Waals surface area contributed by atoms with E-state index in [0.717, 1.165) is 24.2 Å². The second-order valence-electron chi connectivity index (χ2n) is 6.43. The zero-order valence-corrected chi connectivity index (χ0v) is 15.1. The van der Waals surface area contributed by atoms with Crippen molar-refractivity contribution in [3.05, 3.63) is 61.8 Å². The van der Waals surface area contributed by atoms with Crippen LogP contribution in [0.3, 0.4) is 0 Å². The van der Waals surface area contributed by atoms with Gasteiger partial charge in [0, 0.05) is 29.1 Å². The molecule has 0 atom stereocenters. The number of hydrogen-bond donors (Lipinski definition) is 2. The van der Waals surface area contributed by atoms with E-state index in [1.807, 2.05) is 0 Å². The van der Waals surface area contributed by atoms with Crippen molar-refractivity contribution in [2.75, 3.05) is 0 Å². The second-order valence-corrected chi connectivity index (χ2v) is 7.45. The number of rotatable bonds is 3. The van der Waals surface area contributed by atoms with Gasteiger partial charge in [-0.05, 0) is 25.0 Å². The van der Waals surface area contributed by atoms with Gasteiger partial charge in [-0.2, -0.15) is 14.0 Å². The summed E-state index contributed by atoms with van der Waals surface area (Å²) in [6.45, 7) is 0. The highest BCUT2D eigenvalue weighted by Crippen LogP contribution is 2.23. The average molecular weight is 396 g/mol. The molecule has 8 nitrogen and oxygen atoms in total. The van der Waals surface area contributed by atoms with E-state index in [1.165, 1.54) is 12.3 Å². The SMILES string of the molecule is O=c1[nH]c(O)c(C=c2cnn3c(=NC4CC4)cc(-c4ccnc(F)c4)nc23)s1. The number of thiazole rings is 1. The molecular formula is C18H13FN6O2S. The van der Waals surface area contributed by atoms with E-state index in [4.69, 9.17) is 0 Å². The van der Waals surface area contributed by atoms with E-state index >= 15 is 0 Å². The minimum absolute atomic E-state index is 0.204. The average Bonchev–Trinajstić information content (AvgIpc) is 3.30. The van der Waals surface area contributed by atoms with Gasteiger partial charge in [0.15, 0.2) is 11.1 Å². The van der Waals surface area contributed by atoms with Gasteiger partial charge in [-0.25, -0.2) is 9.97 Å². The van der Waals surface area contributed by atoms with Crippen LogP contribution in [0.5, 0.6) is 5.88 Å². The van der Waals surface area contributed by atoms with Gasteiger partial charge in [-0.3, -0.25) is 14.8 Å². The van der Waals surface area contributed by atoms with E-state index in [0.29, 0.717) is 32.5 Å². The number of pyridine rings is 1. The Morgan fingerprint density at radius 2 is 2.25 bits per heavy atom. The normalized spacial score (nSPS) is 15.6. The fraction of sp³-hybridized carbons (Fsp3) is 0.167. The standard InChI is InChI=1S/C18H13FN6O2S/c19-14-6-9(3-4-20-14)12-7-15(22-11-1-2-11)25-16(23-12)10(8-21-25)5-13-17(26)24-18(27)28-13/h3-8,11,26H,1-2H2,(H,24,27). The van der Waals surface area contributed by atoms with Crippen molar-refractivity contribution in [1.29, 1.82) is 0 Å².